The fourth-order valence-corrected chi connectivity index (χ4v) is 3.56. The second-order valence-electron chi connectivity index (χ2n) is 6.34. The number of amides is 1. The fourth-order valence-electron chi connectivity index (χ4n) is 3.56. The monoisotopic (exact) mass is 282 g/mol. The highest BCUT2D eigenvalue weighted by Gasteiger charge is 2.34. The zero-order chi connectivity index (χ0) is 14.5. The molecule has 2 bridgehead atoms. The molecule has 0 aliphatic carbocycles. The van der Waals surface area contributed by atoms with Gasteiger partial charge in [0.15, 0.2) is 0 Å². The molecule has 0 saturated carbocycles. The molecule has 5 heteroatoms. The summed E-state index contributed by atoms with van der Waals surface area (Å²) in [4.78, 5) is 16.5. The Morgan fingerprint density at radius 2 is 2.10 bits per heavy atom. The molecule has 0 aromatic carbocycles. The molecular formula is C15H30N4O. The summed E-state index contributed by atoms with van der Waals surface area (Å²) in [5, 5.41) is 3.26. The Morgan fingerprint density at radius 3 is 2.80 bits per heavy atom. The summed E-state index contributed by atoms with van der Waals surface area (Å²) in [5.74, 6) is -0.216. The second-order valence-corrected chi connectivity index (χ2v) is 6.34. The van der Waals surface area contributed by atoms with Crippen LogP contribution in [-0.2, 0) is 4.79 Å². The van der Waals surface area contributed by atoms with E-state index in [4.69, 9.17) is 5.73 Å². The minimum Gasteiger partial charge on any atom is -0.368 e. The van der Waals surface area contributed by atoms with E-state index in [0.717, 1.165) is 45.1 Å². The van der Waals surface area contributed by atoms with Crippen LogP contribution in [0.4, 0.5) is 0 Å². The van der Waals surface area contributed by atoms with E-state index in [9.17, 15) is 4.79 Å². The predicted octanol–water partition coefficient (Wildman–Crippen LogP) is 0.399. The third-order valence-corrected chi connectivity index (χ3v) is 4.95. The maximum atomic E-state index is 11.5. The van der Waals surface area contributed by atoms with Gasteiger partial charge in [0, 0.05) is 25.2 Å². The molecule has 2 aliphatic heterocycles. The first-order valence-electron chi connectivity index (χ1n) is 8.08. The summed E-state index contributed by atoms with van der Waals surface area (Å²) in [6.45, 7) is 6.24. The van der Waals surface area contributed by atoms with Crippen LogP contribution in [0.2, 0.25) is 0 Å². The number of carbonyl (C=O) groups is 1. The molecule has 1 amide bonds. The third kappa shape index (κ3) is 3.93. The van der Waals surface area contributed by atoms with Gasteiger partial charge >= 0.3 is 0 Å². The van der Waals surface area contributed by atoms with Gasteiger partial charge in [-0.3, -0.25) is 9.69 Å². The Balaban J connectivity index is 1.79. The first kappa shape index (κ1) is 15.7. The zero-order valence-corrected chi connectivity index (χ0v) is 13.0. The van der Waals surface area contributed by atoms with Gasteiger partial charge in [-0.1, -0.05) is 6.92 Å². The number of carbonyl (C=O) groups excluding carboxylic acids is 1. The Morgan fingerprint density at radius 1 is 1.35 bits per heavy atom. The van der Waals surface area contributed by atoms with Crippen molar-refractivity contribution in [3.63, 3.8) is 0 Å². The highest BCUT2D eigenvalue weighted by molar-refractivity contribution is 5.79. The predicted molar refractivity (Wildman–Crippen MR) is 81.5 cm³/mol. The van der Waals surface area contributed by atoms with Crippen molar-refractivity contribution in [2.75, 3.05) is 33.2 Å². The van der Waals surface area contributed by atoms with Crippen LogP contribution in [0, 0.1) is 0 Å². The van der Waals surface area contributed by atoms with Crippen molar-refractivity contribution in [2.45, 2.75) is 57.2 Å². The van der Waals surface area contributed by atoms with Crippen LogP contribution in [0.25, 0.3) is 0 Å². The minimum absolute atomic E-state index is 0.173. The molecule has 5 nitrogen and oxygen atoms in total. The van der Waals surface area contributed by atoms with E-state index in [2.05, 4.69) is 29.1 Å². The number of likely N-dealkylation sites (tertiary alicyclic amines) is 1. The van der Waals surface area contributed by atoms with Crippen LogP contribution >= 0.6 is 0 Å². The van der Waals surface area contributed by atoms with Crippen molar-refractivity contribution in [2.24, 2.45) is 5.73 Å². The van der Waals surface area contributed by atoms with Crippen molar-refractivity contribution in [3.8, 4) is 0 Å². The smallest absolute Gasteiger partial charge is 0.234 e. The van der Waals surface area contributed by atoms with Crippen molar-refractivity contribution in [1.29, 1.82) is 0 Å². The van der Waals surface area contributed by atoms with Crippen LogP contribution in [0.3, 0.4) is 0 Å². The van der Waals surface area contributed by atoms with Gasteiger partial charge in [0.1, 0.15) is 0 Å². The van der Waals surface area contributed by atoms with Gasteiger partial charge < -0.3 is 16.0 Å². The molecule has 3 unspecified atom stereocenters. The number of primary amides is 1. The lowest BCUT2D eigenvalue weighted by atomic mass is 10.1. The number of hydrogen-bond acceptors (Lipinski definition) is 4. The second kappa shape index (κ2) is 7.38. The lowest BCUT2D eigenvalue weighted by Gasteiger charge is -2.27. The number of nitrogens with zero attached hydrogens (tertiary/aromatic N) is 2. The number of likely N-dealkylation sites (N-methyl/N-ethyl adjacent to an activating group) is 1. The van der Waals surface area contributed by atoms with Crippen LogP contribution in [0.15, 0.2) is 0 Å². The average Bonchev–Trinajstić information content (AvgIpc) is 2.65. The van der Waals surface area contributed by atoms with E-state index in [1.807, 2.05) is 0 Å². The van der Waals surface area contributed by atoms with Gasteiger partial charge in [0.25, 0.3) is 0 Å². The van der Waals surface area contributed by atoms with E-state index in [0.29, 0.717) is 6.04 Å². The van der Waals surface area contributed by atoms with E-state index in [1.54, 1.807) is 0 Å². The molecule has 3 atom stereocenters. The van der Waals surface area contributed by atoms with Gasteiger partial charge in [-0.05, 0) is 52.2 Å². The zero-order valence-electron chi connectivity index (χ0n) is 13.0. The molecule has 3 N–H and O–H groups in total. The van der Waals surface area contributed by atoms with Gasteiger partial charge in [-0.25, -0.2) is 0 Å². The lowest BCUT2D eigenvalue weighted by Crippen LogP contribution is -2.45. The standard InChI is InChI=1S/C15H30N4O/c1-3-8-17-14(15(16)20)7-10-19-9-6-12-4-5-13(11-19)18(12)2/h12-14,17H,3-11H2,1-2H3,(H2,16,20). The fraction of sp³-hybridized carbons (Fsp3) is 0.933. The maximum absolute atomic E-state index is 11.5. The van der Waals surface area contributed by atoms with Crippen molar-refractivity contribution in [3.05, 3.63) is 0 Å². The Labute approximate surface area is 122 Å². The van der Waals surface area contributed by atoms with Crippen LogP contribution < -0.4 is 11.1 Å². The largest absolute Gasteiger partial charge is 0.368 e. The van der Waals surface area contributed by atoms with Crippen molar-refractivity contribution >= 4 is 5.91 Å². The van der Waals surface area contributed by atoms with Gasteiger partial charge in [-0.15, -0.1) is 0 Å². The highest BCUT2D eigenvalue weighted by atomic mass is 16.1. The molecule has 20 heavy (non-hydrogen) atoms. The number of nitrogens with two attached hydrogens (primary N) is 1. The topological polar surface area (TPSA) is 61.6 Å². The van der Waals surface area contributed by atoms with Crippen LogP contribution in [0.5, 0.6) is 0 Å². The maximum Gasteiger partial charge on any atom is 0.234 e. The number of rotatable bonds is 7. The molecular weight excluding hydrogens is 252 g/mol. The summed E-state index contributed by atoms with van der Waals surface area (Å²) in [6, 6.07) is 1.31. The molecule has 116 valence electrons. The van der Waals surface area contributed by atoms with Crippen LogP contribution in [-0.4, -0.2) is 67.1 Å². The van der Waals surface area contributed by atoms with Crippen LogP contribution in [0.1, 0.15) is 39.0 Å². The molecule has 2 heterocycles. The quantitative estimate of drug-likeness (QED) is 0.709. The summed E-state index contributed by atoms with van der Waals surface area (Å²) >= 11 is 0. The molecule has 2 aliphatic rings. The first-order chi connectivity index (χ1) is 9.61. The number of nitrogens with one attached hydrogen (secondary N) is 1. The molecule has 2 fully saturated rings. The average molecular weight is 282 g/mol. The Hall–Kier alpha value is -0.650. The summed E-state index contributed by atoms with van der Waals surface area (Å²) in [6.07, 6.45) is 5.80. The Kier molecular flexibility index (Phi) is 5.81. The molecule has 2 rings (SSSR count). The number of fused-ring (bicyclic) bond motifs is 2. The lowest BCUT2D eigenvalue weighted by molar-refractivity contribution is -0.120. The first-order valence-corrected chi connectivity index (χ1v) is 8.08. The summed E-state index contributed by atoms with van der Waals surface area (Å²) in [5.41, 5.74) is 5.48. The van der Waals surface area contributed by atoms with Gasteiger partial charge in [-0.2, -0.15) is 0 Å². The van der Waals surface area contributed by atoms with E-state index in [-0.39, 0.29) is 11.9 Å². The van der Waals surface area contributed by atoms with Gasteiger partial charge in [0.2, 0.25) is 5.91 Å². The molecule has 0 spiro atoms. The summed E-state index contributed by atoms with van der Waals surface area (Å²) in [7, 11) is 2.26. The third-order valence-electron chi connectivity index (χ3n) is 4.95. The number of hydrogen-bond donors (Lipinski definition) is 2. The summed E-state index contributed by atoms with van der Waals surface area (Å²) < 4.78 is 0. The van der Waals surface area contributed by atoms with E-state index < -0.39 is 0 Å². The normalized spacial score (nSPS) is 29.3. The SMILES string of the molecule is CCCNC(CCN1CCC2CCC(C1)N2C)C(N)=O. The Bertz CT molecular complexity index is 323. The molecule has 2 saturated heterocycles. The minimum atomic E-state index is -0.216. The van der Waals surface area contributed by atoms with E-state index in [1.165, 1.54) is 19.3 Å². The van der Waals surface area contributed by atoms with Gasteiger partial charge in [0.05, 0.1) is 6.04 Å². The molecule has 0 aromatic rings. The van der Waals surface area contributed by atoms with Crippen molar-refractivity contribution in [1.82, 2.24) is 15.1 Å². The highest BCUT2D eigenvalue weighted by Crippen LogP contribution is 2.28. The molecule has 0 aromatic heterocycles. The molecule has 0 radical (unpaired) electrons. The van der Waals surface area contributed by atoms with Crippen molar-refractivity contribution < 1.29 is 4.79 Å². The van der Waals surface area contributed by atoms with E-state index >= 15 is 0 Å².